The van der Waals surface area contributed by atoms with Gasteiger partial charge in [0, 0.05) is 27.2 Å². The van der Waals surface area contributed by atoms with Gasteiger partial charge in [0.15, 0.2) is 12.2 Å². The molecule has 8 heteroatoms. The maximum atomic E-state index is 11.9. The summed E-state index contributed by atoms with van der Waals surface area (Å²) in [5, 5.41) is 0. The first-order valence-electron chi connectivity index (χ1n) is 8.39. The lowest BCUT2D eigenvalue weighted by Crippen LogP contribution is -2.48. The van der Waals surface area contributed by atoms with Crippen molar-refractivity contribution in [2.75, 3.05) is 27.8 Å². The van der Waals surface area contributed by atoms with Crippen LogP contribution in [0.25, 0.3) is 0 Å². The van der Waals surface area contributed by atoms with Crippen LogP contribution in [0.1, 0.15) is 18.6 Å². The fraction of sp³-hybridized carbons (Fsp3) is 0.474. The SMILES string of the molecule is COCO[C@H]([C@@H]1OC(=O)C=C[C@@H]1OCOC)[C@H](OC(C)=O)c1ccccc1. The van der Waals surface area contributed by atoms with Gasteiger partial charge in [-0.2, -0.15) is 0 Å². The highest BCUT2D eigenvalue weighted by atomic mass is 16.7. The Morgan fingerprint density at radius 2 is 1.85 bits per heavy atom. The molecule has 0 fully saturated rings. The molecular formula is C19H24O8. The third kappa shape index (κ3) is 6.14. The number of cyclic esters (lactones) is 1. The average Bonchev–Trinajstić information content (AvgIpc) is 2.67. The van der Waals surface area contributed by atoms with E-state index in [0.717, 1.165) is 0 Å². The molecule has 1 aliphatic rings. The third-order valence-electron chi connectivity index (χ3n) is 3.80. The summed E-state index contributed by atoms with van der Waals surface area (Å²) >= 11 is 0. The Balaban J connectivity index is 2.37. The molecule has 0 aliphatic carbocycles. The van der Waals surface area contributed by atoms with Gasteiger partial charge in [0.2, 0.25) is 0 Å². The van der Waals surface area contributed by atoms with Crippen molar-refractivity contribution in [2.24, 2.45) is 0 Å². The number of methoxy groups -OCH3 is 2. The van der Waals surface area contributed by atoms with Gasteiger partial charge >= 0.3 is 11.9 Å². The highest BCUT2D eigenvalue weighted by Gasteiger charge is 2.42. The van der Waals surface area contributed by atoms with E-state index < -0.39 is 36.4 Å². The Bertz CT molecular complexity index is 630. The van der Waals surface area contributed by atoms with Gasteiger partial charge in [-0.25, -0.2) is 4.79 Å². The van der Waals surface area contributed by atoms with Crippen LogP contribution in [0.4, 0.5) is 0 Å². The van der Waals surface area contributed by atoms with Crippen molar-refractivity contribution in [1.29, 1.82) is 0 Å². The van der Waals surface area contributed by atoms with Crippen molar-refractivity contribution in [3.05, 3.63) is 48.0 Å². The number of rotatable bonds is 10. The van der Waals surface area contributed by atoms with Crippen LogP contribution in [0.2, 0.25) is 0 Å². The van der Waals surface area contributed by atoms with Gasteiger partial charge in [-0.15, -0.1) is 0 Å². The van der Waals surface area contributed by atoms with E-state index in [-0.39, 0.29) is 13.6 Å². The lowest BCUT2D eigenvalue weighted by molar-refractivity contribution is -0.210. The normalized spacial score (nSPS) is 21.4. The van der Waals surface area contributed by atoms with E-state index in [9.17, 15) is 9.59 Å². The van der Waals surface area contributed by atoms with Gasteiger partial charge in [0.1, 0.15) is 25.8 Å². The summed E-state index contributed by atoms with van der Waals surface area (Å²) in [6.45, 7) is 1.20. The number of carbonyl (C=O) groups excluding carboxylic acids is 2. The molecular weight excluding hydrogens is 356 g/mol. The van der Waals surface area contributed by atoms with Crippen LogP contribution in [-0.2, 0) is 38.0 Å². The van der Waals surface area contributed by atoms with Crippen LogP contribution in [0.5, 0.6) is 0 Å². The van der Waals surface area contributed by atoms with Crippen LogP contribution >= 0.6 is 0 Å². The molecule has 1 aromatic carbocycles. The molecule has 0 bridgehead atoms. The van der Waals surface area contributed by atoms with Crippen LogP contribution < -0.4 is 0 Å². The molecule has 8 nitrogen and oxygen atoms in total. The molecule has 0 aromatic heterocycles. The average molecular weight is 380 g/mol. The van der Waals surface area contributed by atoms with Crippen molar-refractivity contribution in [2.45, 2.75) is 31.3 Å². The fourth-order valence-electron chi connectivity index (χ4n) is 2.72. The Labute approximate surface area is 157 Å². The van der Waals surface area contributed by atoms with Crippen molar-refractivity contribution in [3.63, 3.8) is 0 Å². The predicted octanol–water partition coefficient (Wildman–Crippen LogP) is 1.75. The zero-order chi connectivity index (χ0) is 19.6. The second-order valence-corrected chi connectivity index (χ2v) is 5.78. The van der Waals surface area contributed by atoms with Gasteiger partial charge < -0.3 is 28.4 Å². The standard InChI is InChI=1S/C19H24O8/c1-13(20)26-17(14-7-5-4-6-8-14)19(25-12-23-3)18-15(24-11-22-2)9-10-16(21)27-18/h4-10,15,17-19H,11-12H2,1-3H3/t15-,17+,18+,19-/m0/s1. The second-order valence-electron chi connectivity index (χ2n) is 5.78. The molecule has 148 valence electrons. The number of esters is 2. The Kier molecular flexibility index (Phi) is 8.41. The highest BCUT2D eigenvalue weighted by Crippen LogP contribution is 2.31. The molecule has 0 N–H and O–H groups in total. The topological polar surface area (TPSA) is 89.5 Å². The molecule has 0 spiro atoms. The summed E-state index contributed by atoms with van der Waals surface area (Å²) in [5.74, 6) is -1.04. The van der Waals surface area contributed by atoms with Crippen molar-refractivity contribution in [3.8, 4) is 0 Å². The molecule has 0 radical (unpaired) electrons. The highest BCUT2D eigenvalue weighted by molar-refractivity contribution is 5.83. The first-order chi connectivity index (χ1) is 13.1. The van der Waals surface area contributed by atoms with E-state index in [1.54, 1.807) is 18.2 Å². The number of benzene rings is 1. The van der Waals surface area contributed by atoms with Crippen LogP contribution in [-0.4, -0.2) is 58.1 Å². The number of carbonyl (C=O) groups is 2. The van der Waals surface area contributed by atoms with Crippen LogP contribution in [0.15, 0.2) is 42.5 Å². The molecule has 0 saturated carbocycles. The maximum Gasteiger partial charge on any atom is 0.330 e. The van der Waals surface area contributed by atoms with Gasteiger partial charge in [0.25, 0.3) is 0 Å². The number of hydrogen-bond donors (Lipinski definition) is 0. The van der Waals surface area contributed by atoms with Crippen molar-refractivity contribution >= 4 is 11.9 Å². The van der Waals surface area contributed by atoms with Gasteiger partial charge in [-0.3, -0.25) is 4.79 Å². The summed E-state index contributed by atoms with van der Waals surface area (Å²) in [7, 11) is 2.95. The van der Waals surface area contributed by atoms with Gasteiger partial charge in [-0.1, -0.05) is 30.3 Å². The minimum Gasteiger partial charge on any atom is -0.455 e. The zero-order valence-corrected chi connectivity index (χ0v) is 15.5. The predicted molar refractivity (Wildman–Crippen MR) is 93.5 cm³/mol. The molecule has 1 heterocycles. The first-order valence-corrected chi connectivity index (χ1v) is 8.39. The van der Waals surface area contributed by atoms with E-state index in [4.69, 9.17) is 28.4 Å². The zero-order valence-electron chi connectivity index (χ0n) is 15.5. The molecule has 27 heavy (non-hydrogen) atoms. The minimum absolute atomic E-state index is 0.0103. The van der Waals surface area contributed by atoms with E-state index in [2.05, 4.69) is 0 Å². The van der Waals surface area contributed by atoms with E-state index in [0.29, 0.717) is 5.56 Å². The number of ether oxygens (including phenoxy) is 6. The lowest BCUT2D eigenvalue weighted by Gasteiger charge is -2.36. The second kappa shape index (κ2) is 10.8. The Morgan fingerprint density at radius 1 is 1.15 bits per heavy atom. The third-order valence-corrected chi connectivity index (χ3v) is 3.80. The van der Waals surface area contributed by atoms with Crippen LogP contribution in [0, 0.1) is 0 Å². The van der Waals surface area contributed by atoms with E-state index in [1.165, 1.54) is 27.2 Å². The Morgan fingerprint density at radius 3 is 2.48 bits per heavy atom. The Hall–Kier alpha value is -2.26. The summed E-state index contributed by atoms with van der Waals surface area (Å²) < 4.78 is 32.3. The monoisotopic (exact) mass is 380 g/mol. The van der Waals surface area contributed by atoms with Gasteiger partial charge in [-0.05, 0) is 11.6 Å². The summed E-state index contributed by atoms with van der Waals surface area (Å²) in [4.78, 5) is 23.6. The van der Waals surface area contributed by atoms with E-state index in [1.807, 2.05) is 18.2 Å². The minimum atomic E-state index is -0.877. The lowest BCUT2D eigenvalue weighted by atomic mass is 9.95. The first kappa shape index (κ1) is 21.0. The fourth-order valence-corrected chi connectivity index (χ4v) is 2.72. The summed E-state index contributed by atoms with van der Waals surface area (Å²) in [5.41, 5.74) is 0.685. The quantitative estimate of drug-likeness (QED) is 0.448. The molecule has 1 aromatic rings. The van der Waals surface area contributed by atoms with Crippen molar-refractivity contribution < 1.29 is 38.0 Å². The van der Waals surface area contributed by atoms with Gasteiger partial charge in [0.05, 0.1) is 0 Å². The molecule has 1 aliphatic heterocycles. The van der Waals surface area contributed by atoms with Crippen molar-refractivity contribution in [1.82, 2.24) is 0 Å². The summed E-state index contributed by atoms with van der Waals surface area (Å²) in [6, 6.07) is 9.05. The molecule has 0 unspecified atom stereocenters. The van der Waals surface area contributed by atoms with E-state index >= 15 is 0 Å². The number of hydrogen-bond acceptors (Lipinski definition) is 8. The maximum absolute atomic E-state index is 11.9. The summed E-state index contributed by atoms with van der Waals surface area (Å²) in [6.07, 6.45) is -0.394. The molecule has 2 rings (SSSR count). The molecule has 0 amide bonds. The van der Waals surface area contributed by atoms with Crippen LogP contribution in [0.3, 0.4) is 0 Å². The largest absolute Gasteiger partial charge is 0.455 e. The molecule has 4 atom stereocenters. The smallest absolute Gasteiger partial charge is 0.330 e. The molecule has 0 saturated heterocycles.